The van der Waals surface area contributed by atoms with E-state index in [1.807, 2.05) is 22.8 Å². The molecule has 1 aliphatic heterocycles. The highest BCUT2D eigenvalue weighted by atomic mass is 16.2. The van der Waals surface area contributed by atoms with Crippen molar-refractivity contribution >= 4 is 17.1 Å². The molecule has 0 amide bonds. The average molecular weight is 368 g/mol. The van der Waals surface area contributed by atoms with Crippen LogP contribution in [0.25, 0.3) is 11.2 Å². The van der Waals surface area contributed by atoms with Gasteiger partial charge in [-0.2, -0.15) is 4.98 Å². The number of fused-ring (bicyclic) bond motifs is 1. The molecule has 0 spiro atoms. The van der Waals surface area contributed by atoms with Crippen molar-refractivity contribution in [3.05, 3.63) is 56.7 Å². The molecular weight excluding hydrogens is 344 g/mol. The third-order valence-corrected chi connectivity index (χ3v) is 5.08. The van der Waals surface area contributed by atoms with Gasteiger partial charge in [-0.25, -0.2) is 4.79 Å². The number of benzene rings is 1. The molecule has 0 saturated carbocycles. The summed E-state index contributed by atoms with van der Waals surface area (Å²) in [5.41, 5.74) is 1.37. The molecule has 1 aromatic carbocycles. The van der Waals surface area contributed by atoms with Gasteiger partial charge in [0.05, 0.1) is 0 Å². The van der Waals surface area contributed by atoms with E-state index in [0.717, 1.165) is 45.0 Å². The number of aryl methyl sites for hydroxylation is 3. The highest BCUT2D eigenvalue weighted by Gasteiger charge is 2.22. The van der Waals surface area contributed by atoms with Crippen LogP contribution in [-0.4, -0.2) is 45.3 Å². The quantitative estimate of drug-likeness (QED) is 0.683. The fourth-order valence-electron chi connectivity index (χ4n) is 3.63. The Morgan fingerprint density at radius 2 is 1.85 bits per heavy atom. The second-order valence-corrected chi connectivity index (χ2v) is 6.88. The Kier molecular flexibility index (Phi) is 4.81. The Balaban J connectivity index is 1.72. The Labute approximate surface area is 156 Å². The summed E-state index contributed by atoms with van der Waals surface area (Å²) in [6.45, 7) is 4.08. The summed E-state index contributed by atoms with van der Waals surface area (Å²) in [7, 11) is 1.64. The van der Waals surface area contributed by atoms with Gasteiger partial charge in [-0.1, -0.05) is 30.3 Å². The number of aromatic nitrogens is 4. The van der Waals surface area contributed by atoms with E-state index in [-0.39, 0.29) is 5.56 Å². The zero-order valence-corrected chi connectivity index (χ0v) is 15.4. The third kappa shape index (κ3) is 3.40. The van der Waals surface area contributed by atoms with Crippen LogP contribution in [0.15, 0.2) is 39.9 Å². The monoisotopic (exact) mass is 368 g/mol. The van der Waals surface area contributed by atoms with E-state index in [0.29, 0.717) is 17.7 Å². The Morgan fingerprint density at radius 1 is 1.11 bits per heavy atom. The van der Waals surface area contributed by atoms with Gasteiger partial charge in [-0.15, -0.1) is 0 Å². The van der Waals surface area contributed by atoms with Crippen molar-refractivity contribution < 1.29 is 0 Å². The van der Waals surface area contributed by atoms with Crippen molar-refractivity contribution in [2.45, 2.75) is 19.4 Å². The van der Waals surface area contributed by atoms with Crippen LogP contribution in [0.5, 0.6) is 0 Å². The van der Waals surface area contributed by atoms with Gasteiger partial charge < -0.3 is 14.8 Å². The number of anilines is 1. The summed E-state index contributed by atoms with van der Waals surface area (Å²) in [6.07, 6.45) is 1.81. The van der Waals surface area contributed by atoms with E-state index < -0.39 is 5.69 Å². The normalized spacial score (nSPS) is 14.8. The number of hydrogen-bond donors (Lipinski definition) is 2. The molecule has 1 saturated heterocycles. The van der Waals surface area contributed by atoms with Crippen LogP contribution in [0, 0.1) is 0 Å². The Morgan fingerprint density at radius 3 is 2.59 bits per heavy atom. The number of hydrogen-bond acceptors (Lipinski definition) is 5. The maximum absolute atomic E-state index is 12.5. The molecule has 2 aromatic heterocycles. The molecule has 3 heterocycles. The molecule has 0 aliphatic carbocycles. The molecule has 0 atom stereocenters. The highest BCUT2D eigenvalue weighted by molar-refractivity contribution is 5.74. The van der Waals surface area contributed by atoms with E-state index >= 15 is 0 Å². The minimum atomic E-state index is -0.437. The number of imidazole rings is 1. The second kappa shape index (κ2) is 7.40. The first-order valence-corrected chi connectivity index (χ1v) is 9.34. The predicted molar refractivity (Wildman–Crippen MR) is 105 cm³/mol. The van der Waals surface area contributed by atoms with Gasteiger partial charge in [-0.05, 0) is 18.4 Å². The number of nitrogens with one attached hydrogen (secondary N) is 2. The topological polar surface area (TPSA) is 87.9 Å². The summed E-state index contributed by atoms with van der Waals surface area (Å²) >= 11 is 0. The maximum atomic E-state index is 12.5. The fraction of sp³-hybridized carbons (Fsp3) is 0.421. The van der Waals surface area contributed by atoms with Gasteiger partial charge in [0.1, 0.15) is 0 Å². The number of nitrogens with zero attached hydrogens (tertiary/aromatic N) is 4. The first-order chi connectivity index (χ1) is 13.1. The maximum Gasteiger partial charge on any atom is 0.329 e. The number of piperazine rings is 1. The van der Waals surface area contributed by atoms with Crippen molar-refractivity contribution in [3.8, 4) is 0 Å². The highest BCUT2D eigenvalue weighted by Crippen LogP contribution is 2.21. The summed E-state index contributed by atoms with van der Waals surface area (Å²) in [4.78, 5) is 33.8. The molecule has 8 heteroatoms. The van der Waals surface area contributed by atoms with Gasteiger partial charge in [0.15, 0.2) is 11.2 Å². The second-order valence-electron chi connectivity index (χ2n) is 6.88. The number of H-pyrrole nitrogens is 1. The van der Waals surface area contributed by atoms with Crippen LogP contribution in [0.2, 0.25) is 0 Å². The molecule has 1 fully saturated rings. The molecule has 8 nitrogen and oxygen atoms in total. The van der Waals surface area contributed by atoms with Crippen LogP contribution in [0.4, 0.5) is 5.95 Å². The smallest absolute Gasteiger partial charge is 0.329 e. The molecule has 0 unspecified atom stereocenters. The van der Waals surface area contributed by atoms with Gasteiger partial charge in [-0.3, -0.25) is 14.3 Å². The van der Waals surface area contributed by atoms with Crippen molar-refractivity contribution in [2.75, 3.05) is 31.1 Å². The first-order valence-electron chi connectivity index (χ1n) is 9.34. The summed E-state index contributed by atoms with van der Waals surface area (Å²) in [6, 6.07) is 10.3. The van der Waals surface area contributed by atoms with Gasteiger partial charge >= 0.3 is 5.69 Å². The van der Waals surface area contributed by atoms with Crippen molar-refractivity contribution in [1.29, 1.82) is 0 Å². The molecule has 2 N–H and O–H groups in total. The van der Waals surface area contributed by atoms with Crippen molar-refractivity contribution in [1.82, 2.24) is 24.4 Å². The van der Waals surface area contributed by atoms with Gasteiger partial charge in [0, 0.05) is 39.8 Å². The van der Waals surface area contributed by atoms with Crippen LogP contribution in [0.3, 0.4) is 0 Å². The molecular formula is C19H24N6O2. The molecule has 142 valence electrons. The van der Waals surface area contributed by atoms with E-state index in [9.17, 15) is 9.59 Å². The van der Waals surface area contributed by atoms with Crippen LogP contribution < -0.4 is 21.5 Å². The lowest BCUT2D eigenvalue weighted by molar-refractivity contribution is 0.560. The Bertz CT molecular complexity index is 1040. The van der Waals surface area contributed by atoms with Crippen LogP contribution >= 0.6 is 0 Å². The van der Waals surface area contributed by atoms with Crippen molar-refractivity contribution in [3.63, 3.8) is 0 Å². The molecule has 0 radical (unpaired) electrons. The predicted octanol–water partition coefficient (Wildman–Crippen LogP) is 0.466. The molecule has 4 rings (SSSR count). The van der Waals surface area contributed by atoms with Gasteiger partial charge in [0.25, 0.3) is 5.56 Å². The summed E-state index contributed by atoms with van der Waals surface area (Å²) < 4.78 is 3.39. The van der Waals surface area contributed by atoms with Crippen molar-refractivity contribution in [2.24, 2.45) is 7.05 Å². The minimum Gasteiger partial charge on any atom is -0.340 e. The zero-order chi connectivity index (χ0) is 18.8. The standard InChI is InChI=1S/C19H24N6O2/c1-23-16-15(17(26)22-19(23)27)25(11-5-8-14-6-3-2-4-7-14)18(21-16)24-12-9-20-10-13-24/h2-4,6-7,20H,5,8-13H2,1H3,(H,22,26,27). The van der Waals surface area contributed by atoms with E-state index in [4.69, 9.17) is 0 Å². The molecule has 3 aromatic rings. The summed E-state index contributed by atoms with van der Waals surface area (Å²) in [5.74, 6) is 0.770. The first kappa shape index (κ1) is 17.5. The van der Waals surface area contributed by atoms with E-state index in [1.165, 1.54) is 10.1 Å². The Hall–Kier alpha value is -2.87. The number of rotatable bonds is 5. The largest absolute Gasteiger partial charge is 0.340 e. The lowest BCUT2D eigenvalue weighted by atomic mass is 10.1. The van der Waals surface area contributed by atoms with Crippen LogP contribution in [-0.2, 0) is 20.0 Å². The summed E-state index contributed by atoms with van der Waals surface area (Å²) in [5, 5.41) is 3.33. The molecule has 0 bridgehead atoms. The molecule has 27 heavy (non-hydrogen) atoms. The fourth-order valence-corrected chi connectivity index (χ4v) is 3.63. The lowest BCUT2D eigenvalue weighted by Crippen LogP contribution is -2.44. The third-order valence-electron chi connectivity index (χ3n) is 5.08. The lowest BCUT2D eigenvalue weighted by Gasteiger charge is -2.28. The average Bonchev–Trinajstić information content (AvgIpc) is 3.08. The minimum absolute atomic E-state index is 0.373. The van der Waals surface area contributed by atoms with Crippen LogP contribution in [0.1, 0.15) is 12.0 Å². The van der Waals surface area contributed by atoms with E-state index in [1.54, 1.807) is 7.05 Å². The van der Waals surface area contributed by atoms with Gasteiger partial charge in [0.2, 0.25) is 5.95 Å². The van der Waals surface area contributed by atoms with E-state index in [2.05, 4.69) is 32.3 Å². The zero-order valence-electron chi connectivity index (χ0n) is 15.4. The number of aromatic amines is 1. The SMILES string of the molecule is Cn1c(=O)[nH]c(=O)c2c1nc(N1CCNCC1)n2CCCc1ccccc1. The molecule has 1 aliphatic rings.